The number of aliphatic hydroxyl groups excluding tert-OH is 1. The molecule has 0 unspecified atom stereocenters. The molecule has 1 amide bonds. The van der Waals surface area contributed by atoms with Crippen LogP contribution in [0, 0.1) is 5.92 Å². The van der Waals surface area contributed by atoms with Gasteiger partial charge < -0.3 is 10.4 Å². The van der Waals surface area contributed by atoms with Crippen molar-refractivity contribution in [1.82, 2.24) is 10.0 Å². The molecular formula is C23H27F3N2O4S. The molecule has 3 rings (SSSR count). The van der Waals surface area contributed by atoms with E-state index >= 15 is 0 Å². The molecule has 10 heteroatoms. The van der Waals surface area contributed by atoms with Gasteiger partial charge in [-0.3, -0.25) is 4.79 Å². The van der Waals surface area contributed by atoms with Crippen molar-refractivity contribution >= 4 is 15.9 Å². The molecule has 2 aromatic carbocycles. The van der Waals surface area contributed by atoms with Gasteiger partial charge in [-0.15, -0.1) is 0 Å². The molecule has 0 radical (unpaired) electrons. The van der Waals surface area contributed by atoms with Gasteiger partial charge in [0.25, 0.3) is 0 Å². The van der Waals surface area contributed by atoms with Gasteiger partial charge in [-0.2, -0.15) is 13.2 Å². The lowest BCUT2D eigenvalue weighted by Crippen LogP contribution is -2.43. The molecule has 2 aromatic rings. The van der Waals surface area contributed by atoms with E-state index in [4.69, 9.17) is 0 Å². The van der Waals surface area contributed by atoms with Gasteiger partial charge in [0.2, 0.25) is 15.9 Å². The van der Waals surface area contributed by atoms with E-state index in [1.165, 1.54) is 0 Å². The Bertz CT molecular complexity index is 1030. The normalized spacial score (nSPS) is 21.2. The van der Waals surface area contributed by atoms with Gasteiger partial charge in [-0.25, -0.2) is 13.1 Å². The lowest BCUT2D eigenvalue weighted by Gasteiger charge is -2.30. The fraction of sp³-hybridized carbons (Fsp3) is 0.435. The van der Waals surface area contributed by atoms with Crippen molar-refractivity contribution in [3.05, 3.63) is 65.7 Å². The fourth-order valence-electron chi connectivity index (χ4n) is 4.00. The zero-order valence-electron chi connectivity index (χ0n) is 18.0. The van der Waals surface area contributed by atoms with Gasteiger partial charge in [-0.1, -0.05) is 30.3 Å². The zero-order valence-corrected chi connectivity index (χ0v) is 18.9. The molecule has 1 aliphatic rings. The summed E-state index contributed by atoms with van der Waals surface area (Å²) in [6.45, 7) is 1.60. The molecule has 0 spiro atoms. The molecule has 1 saturated carbocycles. The van der Waals surface area contributed by atoms with Crippen molar-refractivity contribution in [2.45, 2.75) is 61.9 Å². The van der Waals surface area contributed by atoms with Crippen LogP contribution >= 0.6 is 0 Å². The van der Waals surface area contributed by atoms with Crippen LogP contribution in [0.15, 0.2) is 59.5 Å². The average Bonchev–Trinajstić information content (AvgIpc) is 2.77. The summed E-state index contributed by atoms with van der Waals surface area (Å²) in [5, 5.41) is 13.0. The van der Waals surface area contributed by atoms with E-state index in [1.54, 1.807) is 6.92 Å². The number of halogens is 3. The third-order valence-corrected chi connectivity index (χ3v) is 7.39. The number of sulfonamides is 1. The SMILES string of the molecule is C[C@H](O)[C@@H](NC(=O)C1CCC(NS(=O)(=O)c2ccc(C(F)(F)F)cc2)CC1)c1ccccc1. The van der Waals surface area contributed by atoms with Crippen LogP contribution < -0.4 is 10.0 Å². The molecule has 180 valence electrons. The van der Waals surface area contributed by atoms with Crippen LogP contribution in [0.5, 0.6) is 0 Å². The quantitative estimate of drug-likeness (QED) is 0.557. The molecule has 0 aromatic heterocycles. The van der Waals surface area contributed by atoms with Gasteiger partial charge in [0, 0.05) is 12.0 Å². The third kappa shape index (κ3) is 6.55. The van der Waals surface area contributed by atoms with Gasteiger partial charge in [-0.05, 0) is 62.4 Å². The predicted molar refractivity (Wildman–Crippen MR) is 117 cm³/mol. The first-order valence-electron chi connectivity index (χ1n) is 10.7. The second-order valence-electron chi connectivity index (χ2n) is 8.33. The maximum atomic E-state index is 12.8. The highest BCUT2D eigenvalue weighted by Gasteiger charge is 2.33. The second-order valence-corrected chi connectivity index (χ2v) is 10.0. The largest absolute Gasteiger partial charge is 0.416 e. The Morgan fingerprint density at radius 2 is 1.58 bits per heavy atom. The Morgan fingerprint density at radius 3 is 2.09 bits per heavy atom. The van der Waals surface area contributed by atoms with Crippen molar-refractivity contribution in [2.24, 2.45) is 5.92 Å². The Hall–Kier alpha value is -2.43. The zero-order chi connectivity index (χ0) is 24.2. The van der Waals surface area contributed by atoms with E-state index in [0.29, 0.717) is 25.7 Å². The molecule has 0 saturated heterocycles. The topological polar surface area (TPSA) is 95.5 Å². The highest BCUT2D eigenvalue weighted by atomic mass is 32.2. The lowest BCUT2D eigenvalue weighted by molar-refractivity contribution is -0.137. The van der Waals surface area contributed by atoms with Crippen molar-refractivity contribution < 1.29 is 31.5 Å². The van der Waals surface area contributed by atoms with Crippen molar-refractivity contribution in [3.63, 3.8) is 0 Å². The fourth-order valence-corrected chi connectivity index (χ4v) is 5.30. The Kier molecular flexibility index (Phi) is 7.81. The molecule has 0 aliphatic heterocycles. The number of benzene rings is 2. The average molecular weight is 485 g/mol. The van der Waals surface area contributed by atoms with Crippen LogP contribution in [-0.4, -0.2) is 31.6 Å². The molecule has 3 N–H and O–H groups in total. The number of nitrogens with one attached hydrogen (secondary N) is 2. The van der Waals surface area contributed by atoms with Crippen LogP contribution in [-0.2, 0) is 21.0 Å². The van der Waals surface area contributed by atoms with E-state index in [1.807, 2.05) is 30.3 Å². The molecule has 1 aliphatic carbocycles. The van der Waals surface area contributed by atoms with Crippen molar-refractivity contribution in [2.75, 3.05) is 0 Å². The number of rotatable bonds is 7. The first kappa shape index (κ1) is 25.2. The summed E-state index contributed by atoms with van der Waals surface area (Å²) in [7, 11) is -3.98. The van der Waals surface area contributed by atoms with Crippen molar-refractivity contribution in [1.29, 1.82) is 0 Å². The molecule has 0 heterocycles. The smallest absolute Gasteiger partial charge is 0.391 e. The number of carbonyl (C=O) groups excluding carboxylic acids is 1. The predicted octanol–water partition coefficient (Wildman–Crippen LogP) is 3.78. The minimum absolute atomic E-state index is 0.200. The minimum atomic E-state index is -4.54. The number of aliphatic hydroxyl groups is 1. The summed E-state index contributed by atoms with van der Waals surface area (Å²) in [4.78, 5) is 12.5. The summed E-state index contributed by atoms with van der Waals surface area (Å²) in [5.74, 6) is -0.518. The number of carbonyl (C=O) groups is 1. The lowest BCUT2D eigenvalue weighted by atomic mass is 9.85. The van der Waals surface area contributed by atoms with Gasteiger partial charge >= 0.3 is 6.18 Å². The van der Waals surface area contributed by atoms with E-state index in [-0.39, 0.29) is 16.7 Å². The van der Waals surface area contributed by atoms with E-state index < -0.39 is 40.0 Å². The summed E-state index contributed by atoms with van der Waals surface area (Å²) >= 11 is 0. The van der Waals surface area contributed by atoms with Crippen LogP contribution in [0.1, 0.15) is 49.8 Å². The van der Waals surface area contributed by atoms with Gasteiger partial charge in [0.15, 0.2) is 0 Å². The standard InChI is InChI=1S/C23H27F3N2O4S/c1-15(29)21(16-5-3-2-4-6-16)27-22(30)17-7-11-19(12-8-17)28-33(31,32)20-13-9-18(10-14-20)23(24,25)26/h2-6,9-10,13-15,17,19,21,28-29H,7-8,11-12H2,1H3,(H,27,30)/t15-,17?,19?,21+/m0/s1. The first-order chi connectivity index (χ1) is 15.5. The monoisotopic (exact) mass is 484 g/mol. The number of alkyl halides is 3. The molecule has 1 fully saturated rings. The Morgan fingerprint density at radius 1 is 1.00 bits per heavy atom. The molecule has 6 nitrogen and oxygen atoms in total. The van der Waals surface area contributed by atoms with Gasteiger partial charge in [0.05, 0.1) is 22.6 Å². The number of hydrogen-bond acceptors (Lipinski definition) is 4. The van der Waals surface area contributed by atoms with Gasteiger partial charge in [0.1, 0.15) is 0 Å². The van der Waals surface area contributed by atoms with Crippen LogP contribution in [0.25, 0.3) is 0 Å². The van der Waals surface area contributed by atoms with Crippen LogP contribution in [0.2, 0.25) is 0 Å². The molecule has 33 heavy (non-hydrogen) atoms. The maximum Gasteiger partial charge on any atom is 0.416 e. The second kappa shape index (κ2) is 10.2. The first-order valence-corrected chi connectivity index (χ1v) is 12.2. The number of amides is 1. The maximum absolute atomic E-state index is 12.8. The Labute approximate surface area is 191 Å². The van der Waals surface area contributed by atoms with Crippen molar-refractivity contribution in [3.8, 4) is 0 Å². The van der Waals surface area contributed by atoms with E-state index in [2.05, 4.69) is 10.0 Å². The third-order valence-electron chi connectivity index (χ3n) is 5.85. The Balaban J connectivity index is 1.56. The summed E-state index contributed by atoms with van der Waals surface area (Å²) in [6, 6.07) is 11.5. The van der Waals surface area contributed by atoms with Crippen LogP contribution in [0.3, 0.4) is 0 Å². The summed E-state index contributed by atoms with van der Waals surface area (Å²) < 4.78 is 65.7. The van der Waals surface area contributed by atoms with Crippen LogP contribution in [0.4, 0.5) is 13.2 Å². The molecule has 0 bridgehead atoms. The highest BCUT2D eigenvalue weighted by Crippen LogP contribution is 2.30. The molecule has 2 atom stereocenters. The summed E-state index contributed by atoms with van der Waals surface area (Å²) in [6.07, 6.45) is -3.59. The number of hydrogen-bond donors (Lipinski definition) is 3. The van der Waals surface area contributed by atoms with E-state index in [0.717, 1.165) is 29.8 Å². The minimum Gasteiger partial charge on any atom is -0.391 e. The highest BCUT2D eigenvalue weighted by molar-refractivity contribution is 7.89. The summed E-state index contributed by atoms with van der Waals surface area (Å²) in [5.41, 5.74) is -0.127. The molecular weight excluding hydrogens is 457 g/mol. The van der Waals surface area contributed by atoms with E-state index in [9.17, 15) is 31.5 Å².